The summed E-state index contributed by atoms with van der Waals surface area (Å²) in [5.41, 5.74) is -2.12. The molecule has 2 rings (SSSR count). The van der Waals surface area contributed by atoms with Crippen molar-refractivity contribution in [3.8, 4) is 5.88 Å². The summed E-state index contributed by atoms with van der Waals surface area (Å²) in [6, 6.07) is 0. The molecule has 1 saturated heterocycles. The lowest BCUT2D eigenvalue weighted by Gasteiger charge is -2.35. The van der Waals surface area contributed by atoms with Gasteiger partial charge in [-0.25, -0.2) is 4.79 Å². The van der Waals surface area contributed by atoms with Crippen molar-refractivity contribution in [3.63, 3.8) is 0 Å². The van der Waals surface area contributed by atoms with E-state index < -0.39 is 41.5 Å². The molecule has 1 aromatic heterocycles. The zero-order valence-electron chi connectivity index (χ0n) is 9.98. The molecule has 4 atom stereocenters. The van der Waals surface area contributed by atoms with Crippen LogP contribution in [0.25, 0.3) is 0 Å². The number of hydrogen-bond donors (Lipinski definition) is 5. The van der Waals surface area contributed by atoms with Crippen molar-refractivity contribution in [3.05, 3.63) is 26.4 Å². The van der Waals surface area contributed by atoms with Gasteiger partial charge in [-0.2, -0.15) is 0 Å². The molecule has 2 heterocycles. The highest BCUT2D eigenvalue weighted by Gasteiger charge is 2.41. The van der Waals surface area contributed by atoms with E-state index in [1.54, 1.807) is 0 Å². The van der Waals surface area contributed by atoms with Crippen LogP contribution >= 0.6 is 0 Å². The first-order chi connectivity index (χ1) is 8.84. The van der Waals surface area contributed by atoms with Gasteiger partial charge in [0.2, 0.25) is 5.88 Å². The lowest BCUT2D eigenvalue weighted by Crippen LogP contribution is -2.50. The lowest BCUT2D eigenvalue weighted by atomic mass is 9.96. The number of rotatable bonds is 1. The standard InChI is InChI=1S/C10H14N2O7/c1-12-9(17)4(8(16)11-10(12)18)7-6(15)5(14)3(13)2-19-7/h3,5-7,13-15,17H,2H2,1H3,(H,11,16,18)/t3-,5+,6-,7+/m1/s1. The summed E-state index contributed by atoms with van der Waals surface area (Å²) < 4.78 is 5.83. The number of aliphatic hydroxyl groups excluding tert-OH is 3. The first kappa shape index (κ1) is 13.7. The summed E-state index contributed by atoms with van der Waals surface area (Å²) in [7, 11) is 1.22. The second-order valence-corrected chi connectivity index (χ2v) is 4.36. The summed E-state index contributed by atoms with van der Waals surface area (Å²) in [6.45, 7) is -0.315. The van der Waals surface area contributed by atoms with Gasteiger partial charge in [-0.15, -0.1) is 0 Å². The van der Waals surface area contributed by atoms with Gasteiger partial charge in [-0.1, -0.05) is 0 Å². The van der Waals surface area contributed by atoms with E-state index in [2.05, 4.69) is 0 Å². The Morgan fingerprint density at radius 2 is 1.89 bits per heavy atom. The van der Waals surface area contributed by atoms with Gasteiger partial charge in [0.05, 0.1) is 6.61 Å². The highest BCUT2D eigenvalue weighted by molar-refractivity contribution is 5.27. The smallest absolute Gasteiger partial charge is 0.330 e. The van der Waals surface area contributed by atoms with Crippen molar-refractivity contribution in [1.82, 2.24) is 9.55 Å². The van der Waals surface area contributed by atoms with Crippen molar-refractivity contribution >= 4 is 0 Å². The monoisotopic (exact) mass is 274 g/mol. The highest BCUT2D eigenvalue weighted by atomic mass is 16.5. The highest BCUT2D eigenvalue weighted by Crippen LogP contribution is 2.30. The van der Waals surface area contributed by atoms with Gasteiger partial charge >= 0.3 is 5.69 Å². The number of aromatic hydroxyl groups is 1. The SMILES string of the molecule is Cn1c(O)c([C@@H]2OC[C@@H](O)[C@H](O)[C@H]2O)c(=O)[nH]c1=O. The Morgan fingerprint density at radius 1 is 1.26 bits per heavy atom. The van der Waals surface area contributed by atoms with Crippen LogP contribution < -0.4 is 11.2 Å². The predicted molar refractivity (Wildman–Crippen MR) is 60.7 cm³/mol. The fraction of sp³-hybridized carbons (Fsp3) is 0.600. The topological polar surface area (TPSA) is 145 Å². The van der Waals surface area contributed by atoms with E-state index in [9.17, 15) is 30.0 Å². The molecule has 1 aliphatic heterocycles. The number of nitrogens with zero attached hydrogens (tertiary/aromatic N) is 1. The van der Waals surface area contributed by atoms with E-state index in [0.717, 1.165) is 4.57 Å². The van der Waals surface area contributed by atoms with Crippen molar-refractivity contribution in [2.24, 2.45) is 7.05 Å². The number of aromatic amines is 1. The van der Waals surface area contributed by atoms with E-state index >= 15 is 0 Å². The second kappa shape index (κ2) is 4.78. The molecular weight excluding hydrogens is 260 g/mol. The Balaban J connectivity index is 2.51. The van der Waals surface area contributed by atoms with Crippen LogP contribution in [0.1, 0.15) is 11.7 Å². The van der Waals surface area contributed by atoms with Crippen LogP contribution in [0.2, 0.25) is 0 Å². The van der Waals surface area contributed by atoms with Crippen molar-refractivity contribution in [2.45, 2.75) is 24.4 Å². The summed E-state index contributed by atoms with van der Waals surface area (Å²) in [6.07, 6.45) is -5.75. The normalized spacial score (nSPS) is 31.4. The summed E-state index contributed by atoms with van der Waals surface area (Å²) in [5.74, 6) is -0.665. The van der Waals surface area contributed by atoms with Gasteiger partial charge in [0.1, 0.15) is 30.0 Å². The lowest BCUT2D eigenvalue weighted by molar-refractivity contribution is -0.190. The van der Waals surface area contributed by atoms with E-state index in [4.69, 9.17) is 4.74 Å². The number of H-pyrrole nitrogens is 1. The summed E-state index contributed by atoms with van der Waals surface area (Å²) >= 11 is 0. The Labute approximate surface area is 106 Å². The number of ether oxygens (including phenoxy) is 1. The van der Waals surface area contributed by atoms with Crippen LogP contribution in [0.3, 0.4) is 0 Å². The molecule has 9 heteroatoms. The molecule has 0 bridgehead atoms. The number of nitrogens with one attached hydrogen (secondary N) is 1. The minimum atomic E-state index is -1.60. The van der Waals surface area contributed by atoms with Crippen LogP contribution in [0.5, 0.6) is 5.88 Å². The zero-order valence-corrected chi connectivity index (χ0v) is 9.98. The van der Waals surface area contributed by atoms with E-state index in [0.29, 0.717) is 0 Å². The van der Waals surface area contributed by atoms with Gasteiger partial charge in [0.25, 0.3) is 5.56 Å². The molecule has 19 heavy (non-hydrogen) atoms. The average Bonchev–Trinajstić information content (AvgIpc) is 2.36. The Kier molecular flexibility index (Phi) is 3.45. The molecule has 0 spiro atoms. The van der Waals surface area contributed by atoms with Gasteiger partial charge in [-0.3, -0.25) is 14.3 Å². The van der Waals surface area contributed by atoms with Crippen LogP contribution in [0.15, 0.2) is 9.59 Å². The van der Waals surface area contributed by atoms with Gasteiger partial charge in [0, 0.05) is 7.05 Å². The molecule has 1 fully saturated rings. The number of aliphatic hydroxyl groups is 3. The molecule has 0 unspecified atom stereocenters. The fourth-order valence-corrected chi connectivity index (χ4v) is 1.94. The molecule has 5 N–H and O–H groups in total. The average molecular weight is 274 g/mol. The van der Waals surface area contributed by atoms with Crippen LogP contribution in [-0.2, 0) is 11.8 Å². The second-order valence-electron chi connectivity index (χ2n) is 4.36. The van der Waals surface area contributed by atoms with E-state index in [1.807, 2.05) is 4.98 Å². The minimum Gasteiger partial charge on any atom is -0.494 e. The minimum absolute atomic E-state index is 0.315. The summed E-state index contributed by atoms with van der Waals surface area (Å²) in [5, 5.41) is 38.4. The van der Waals surface area contributed by atoms with Gasteiger partial charge < -0.3 is 25.2 Å². The molecule has 1 aliphatic rings. The van der Waals surface area contributed by atoms with Gasteiger partial charge in [-0.05, 0) is 0 Å². The molecule has 106 valence electrons. The predicted octanol–water partition coefficient (Wildman–Crippen LogP) is -3.07. The zero-order chi connectivity index (χ0) is 14.3. The molecule has 9 nitrogen and oxygen atoms in total. The Morgan fingerprint density at radius 3 is 2.53 bits per heavy atom. The third kappa shape index (κ3) is 2.16. The van der Waals surface area contributed by atoms with Crippen LogP contribution in [0, 0.1) is 0 Å². The van der Waals surface area contributed by atoms with Crippen LogP contribution in [-0.4, -0.2) is 54.9 Å². The molecule has 0 aromatic carbocycles. The molecule has 0 saturated carbocycles. The third-order valence-electron chi connectivity index (χ3n) is 3.11. The van der Waals surface area contributed by atoms with Gasteiger partial charge in [0.15, 0.2) is 0 Å². The third-order valence-corrected chi connectivity index (χ3v) is 3.11. The first-order valence-corrected chi connectivity index (χ1v) is 5.52. The molecule has 0 radical (unpaired) electrons. The van der Waals surface area contributed by atoms with Crippen LogP contribution in [0.4, 0.5) is 0 Å². The van der Waals surface area contributed by atoms with Crippen molar-refractivity contribution < 1.29 is 25.2 Å². The molecule has 1 aromatic rings. The Bertz CT molecular complexity index is 593. The Hall–Kier alpha value is -1.68. The quantitative estimate of drug-likeness (QED) is 0.365. The fourth-order valence-electron chi connectivity index (χ4n) is 1.94. The maximum absolute atomic E-state index is 11.7. The summed E-state index contributed by atoms with van der Waals surface area (Å²) in [4.78, 5) is 24.9. The first-order valence-electron chi connectivity index (χ1n) is 5.52. The maximum atomic E-state index is 11.7. The van der Waals surface area contributed by atoms with Crippen molar-refractivity contribution in [2.75, 3.05) is 6.61 Å². The van der Waals surface area contributed by atoms with E-state index in [1.165, 1.54) is 7.05 Å². The van der Waals surface area contributed by atoms with E-state index in [-0.39, 0.29) is 12.2 Å². The largest absolute Gasteiger partial charge is 0.494 e. The molecule has 0 amide bonds. The number of aromatic nitrogens is 2. The molecular formula is C10H14N2O7. The molecule has 0 aliphatic carbocycles. The maximum Gasteiger partial charge on any atom is 0.330 e. The van der Waals surface area contributed by atoms with Crippen molar-refractivity contribution in [1.29, 1.82) is 0 Å². The number of hydrogen-bond acceptors (Lipinski definition) is 7.